The topological polar surface area (TPSA) is 67.2 Å². The van der Waals surface area contributed by atoms with Crippen LogP contribution in [-0.4, -0.2) is 57.0 Å². The fraction of sp³-hybridized carbons (Fsp3) is 0.529. The summed E-state index contributed by atoms with van der Waals surface area (Å²) in [6.45, 7) is 5.19. The normalized spacial score (nSPS) is 15.4. The minimum atomic E-state index is 0.218. The predicted molar refractivity (Wildman–Crippen MR) is 91.7 cm³/mol. The first-order valence-electron chi connectivity index (χ1n) is 8.42. The van der Waals surface area contributed by atoms with Crippen molar-refractivity contribution in [2.75, 3.05) is 31.1 Å². The highest BCUT2D eigenvalue weighted by Gasteiger charge is 2.20. The zero-order chi connectivity index (χ0) is 16.9. The van der Waals surface area contributed by atoms with Crippen LogP contribution in [0.15, 0.2) is 24.5 Å². The Labute approximate surface area is 142 Å². The predicted octanol–water partition coefficient (Wildman–Crippen LogP) is 1.19. The van der Waals surface area contributed by atoms with E-state index in [1.807, 2.05) is 43.4 Å². The third-order valence-electron chi connectivity index (χ3n) is 4.34. The van der Waals surface area contributed by atoms with Gasteiger partial charge in [-0.2, -0.15) is 10.2 Å². The zero-order valence-corrected chi connectivity index (χ0v) is 14.4. The summed E-state index contributed by atoms with van der Waals surface area (Å²) in [5, 5.41) is 12.5. The van der Waals surface area contributed by atoms with Crippen molar-refractivity contribution in [1.82, 2.24) is 24.9 Å². The Bertz CT molecular complexity index is 681. The molecule has 24 heavy (non-hydrogen) atoms. The number of hydrogen-bond acceptors (Lipinski definition) is 5. The monoisotopic (exact) mass is 328 g/mol. The SMILES string of the molecule is Cc1ccc(N2CCCN(C(=O)CCc3cnn(C)c3)CC2)nn1. The highest BCUT2D eigenvalue weighted by atomic mass is 16.2. The highest BCUT2D eigenvalue weighted by molar-refractivity contribution is 5.76. The molecule has 0 unspecified atom stereocenters. The van der Waals surface area contributed by atoms with Gasteiger partial charge < -0.3 is 9.80 Å². The maximum atomic E-state index is 12.5. The summed E-state index contributed by atoms with van der Waals surface area (Å²) in [6, 6.07) is 3.98. The molecule has 3 rings (SSSR count). The number of hydrogen-bond donors (Lipinski definition) is 0. The fourth-order valence-corrected chi connectivity index (χ4v) is 2.97. The van der Waals surface area contributed by atoms with Gasteiger partial charge in [-0.15, -0.1) is 5.10 Å². The summed E-state index contributed by atoms with van der Waals surface area (Å²) in [5.74, 6) is 1.11. The van der Waals surface area contributed by atoms with Crippen LogP contribution in [0.25, 0.3) is 0 Å². The van der Waals surface area contributed by atoms with Crippen LogP contribution in [0.1, 0.15) is 24.1 Å². The van der Waals surface area contributed by atoms with Crippen molar-refractivity contribution in [1.29, 1.82) is 0 Å². The van der Waals surface area contributed by atoms with E-state index in [1.165, 1.54) is 0 Å². The number of nitrogens with zero attached hydrogens (tertiary/aromatic N) is 6. The van der Waals surface area contributed by atoms with Gasteiger partial charge in [0.15, 0.2) is 5.82 Å². The molecule has 1 fully saturated rings. The molecule has 7 nitrogen and oxygen atoms in total. The minimum absolute atomic E-state index is 0.218. The lowest BCUT2D eigenvalue weighted by molar-refractivity contribution is -0.130. The minimum Gasteiger partial charge on any atom is -0.353 e. The third kappa shape index (κ3) is 4.10. The van der Waals surface area contributed by atoms with E-state index in [0.717, 1.165) is 56.1 Å². The first-order chi connectivity index (χ1) is 11.6. The third-order valence-corrected chi connectivity index (χ3v) is 4.34. The van der Waals surface area contributed by atoms with Crippen LogP contribution in [0.3, 0.4) is 0 Å². The Morgan fingerprint density at radius 2 is 2.04 bits per heavy atom. The summed E-state index contributed by atoms with van der Waals surface area (Å²) >= 11 is 0. The molecule has 0 aliphatic carbocycles. The van der Waals surface area contributed by atoms with Gasteiger partial charge in [0.05, 0.1) is 11.9 Å². The molecule has 7 heteroatoms. The average Bonchev–Trinajstić information content (AvgIpc) is 2.84. The number of amides is 1. The summed E-state index contributed by atoms with van der Waals surface area (Å²) < 4.78 is 1.77. The lowest BCUT2D eigenvalue weighted by Crippen LogP contribution is -2.35. The second-order valence-corrected chi connectivity index (χ2v) is 6.28. The Morgan fingerprint density at radius 1 is 1.17 bits per heavy atom. The number of carbonyl (C=O) groups excluding carboxylic acids is 1. The van der Waals surface area contributed by atoms with E-state index in [2.05, 4.69) is 20.2 Å². The molecule has 2 aromatic rings. The maximum Gasteiger partial charge on any atom is 0.222 e. The zero-order valence-electron chi connectivity index (χ0n) is 14.4. The van der Waals surface area contributed by atoms with Crippen molar-refractivity contribution in [2.24, 2.45) is 7.05 Å². The van der Waals surface area contributed by atoms with Crippen LogP contribution in [0, 0.1) is 6.92 Å². The van der Waals surface area contributed by atoms with E-state index in [-0.39, 0.29) is 5.91 Å². The molecular formula is C17H24N6O. The standard InChI is InChI=1S/C17H24N6O/c1-14-4-6-16(20-19-14)22-8-3-9-23(11-10-22)17(24)7-5-15-12-18-21(2)13-15/h4,6,12-13H,3,5,7-11H2,1-2H3. The number of aryl methyl sites for hydroxylation is 3. The highest BCUT2D eigenvalue weighted by Crippen LogP contribution is 2.14. The molecule has 0 N–H and O–H groups in total. The van der Waals surface area contributed by atoms with Crippen molar-refractivity contribution >= 4 is 11.7 Å². The Kier molecular flexibility index (Phi) is 5.08. The first-order valence-corrected chi connectivity index (χ1v) is 8.42. The number of anilines is 1. The van der Waals surface area contributed by atoms with Crippen LogP contribution in [-0.2, 0) is 18.3 Å². The van der Waals surface area contributed by atoms with Gasteiger partial charge in [-0.05, 0) is 37.5 Å². The van der Waals surface area contributed by atoms with Gasteiger partial charge in [-0.3, -0.25) is 9.48 Å². The quantitative estimate of drug-likeness (QED) is 0.843. The molecule has 0 bridgehead atoms. The van der Waals surface area contributed by atoms with Crippen molar-refractivity contribution in [3.63, 3.8) is 0 Å². The van der Waals surface area contributed by atoms with E-state index in [9.17, 15) is 4.79 Å². The molecule has 3 heterocycles. The van der Waals surface area contributed by atoms with Crippen molar-refractivity contribution in [3.05, 3.63) is 35.8 Å². The largest absolute Gasteiger partial charge is 0.353 e. The van der Waals surface area contributed by atoms with Gasteiger partial charge in [0.25, 0.3) is 0 Å². The molecule has 1 amide bonds. The molecule has 2 aromatic heterocycles. The molecular weight excluding hydrogens is 304 g/mol. The van der Waals surface area contributed by atoms with Crippen LogP contribution >= 0.6 is 0 Å². The van der Waals surface area contributed by atoms with E-state index in [0.29, 0.717) is 6.42 Å². The molecule has 0 radical (unpaired) electrons. The molecule has 0 spiro atoms. The average molecular weight is 328 g/mol. The van der Waals surface area contributed by atoms with Gasteiger partial charge in [0.2, 0.25) is 5.91 Å². The molecule has 0 aromatic carbocycles. The van der Waals surface area contributed by atoms with Gasteiger partial charge in [-0.25, -0.2) is 0 Å². The fourth-order valence-electron chi connectivity index (χ4n) is 2.97. The van der Waals surface area contributed by atoms with Gasteiger partial charge in [0, 0.05) is 45.8 Å². The summed E-state index contributed by atoms with van der Waals surface area (Å²) in [7, 11) is 1.89. The van der Waals surface area contributed by atoms with Crippen LogP contribution < -0.4 is 4.90 Å². The molecule has 0 atom stereocenters. The molecule has 128 valence electrons. The van der Waals surface area contributed by atoms with E-state index in [1.54, 1.807) is 4.68 Å². The van der Waals surface area contributed by atoms with Crippen molar-refractivity contribution < 1.29 is 4.79 Å². The summed E-state index contributed by atoms with van der Waals surface area (Å²) in [4.78, 5) is 16.7. The Hall–Kier alpha value is -2.44. The van der Waals surface area contributed by atoms with E-state index < -0.39 is 0 Å². The molecule has 1 saturated heterocycles. The summed E-state index contributed by atoms with van der Waals surface area (Å²) in [5.41, 5.74) is 2.03. The van der Waals surface area contributed by atoms with Crippen molar-refractivity contribution in [3.8, 4) is 0 Å². The first kappa shape index (κ1) is 16.4. The van der Waals surface area contributed by atoms with E-state index >= 15 is 0 Å². The second-order valence-electron chi connectivity index (χ2n) is 6.28. The Morgan fingerprint density at radius 3 is 2.75 bits per heavy atom. The lowest BCUT2D eigenvalue weighted by Gasteiger charge is -2.22. The maximum absolute atomic E-state index is 12.5. The summed E-state index contributed by atoms with van der Waals surface area (Å²) in [6.07, 6.45) is 6.03. The molecule has 1 aliphatic rings. The molecule has 1 aliphatic heterocycles. The van der Waals surface area contributed by atoms with Gasteiger partial charge in [-0.1, -0.05) is 0 Å². The van der Waals surface area contributed by atoms with Crippen LogP contribution in [0.5, 0.6) is 0 Å². The van der Waals surface area contributed by atoms with Crippen LogP contribution in [0.2, 0.25) is 0 Å². The second kappa shape index (κ2) is 7.42. The van der Waals surface area contributed by atoms with Crippen molar-refractivity contribution in [2.45, 2.75) is 26.2 Å². The van der Waals surface area contributed by atoms with Gasteiger partial charge >= 0.3 is 0 Å². The number of carbonyl (C=O) groups is 1. The molecule has 0 saturated carbocycles. The Balaban J connectivity index is 1.52. The smallest absolute Gasteiger partial charge is 0.222 e. The lowest BCUT2D eigenvalue weighted by atomic mass is 10.2. The van der Waals surface area contributed by atoms with E-state index in [4.69, 9.17) is 0 Å². The number of aromatic nitrogens is 4. The van der Waals surface area contributed by atoms with Gasteiger partial charge in [0.1, 0.15) is 0 Å². The number of rotatable bonds is 4. The van der Waals surface area contributed by atoms with Crippen LogP contribution in [0.4, 0.5) is 5.82 Å².